The van der Waals surface area contributed by atoms with Gasteiger partial charge in [0, 0.05) is 30.2 Å². The Morgan fingerprint density at radius 2 is 1.94 bits per heavy atom. The third-order valence-corrected chi connectivity index (χ3v) is 6.18. The lowest BCUT2D eigenvalue weighted by Crippen LogP contribution is -2.31. The van der Waals surface area contributed by atoms with Crippen LogP contribution >= 0.6 is 34.5 Å². The van der Waals surface area contributed by atoms with Gasteiger partial charge in [0.2, 0.25) is 0 Å². The molecule has 0 aliphatic heterocycles. The molecule has 13 heteroatoms. The number of ether oxygens (including phenoxy) is 1. The van der Waals surface area contributed by atoms with E-state index < -0.39 is 23.6 Å². The predicted octanol–water partition coefficient (Wildman–Crippen LogP) is 5.29. The minimum atomic E-state index is -4.56. The van der Waals surface area contributed by atoms with Crippen LogP contribution in [0, 0.1) is 5.82 Å². The summed E-state index contributed by atoms with van der Waals surface area (Å²) in [5.41, 5.74) is 5.43. The molecule has 0 aliphatic carbocycles. The second kappa shape index (κ2) is 9.07. The molecule has 4 rings (SSSR count). The van der Waals surface area contributed by atoms with Crippen molar-refractivity contribution in [3.8, 4) is 26.9 Å². The molecule has 0 saturated heterocycles. The van der Waals surface area contributed by atoms with Crippen LogP contribution in [0.1, 0.15) is 5.56 Å². The molecule has 0 amide bonds. The number of rotatable bonds is 6. The number of thiazole rings is 1. The van der Waals surface area contributed by atoms with Crippen molar-refractivity contribution in [2.75, 3.05) is 13.2 Å². The quantitative estimate of drug-likeness (QED) is 0.337. The lowest BCUT2D eigenvalue weighted by Gasteiger charge is -2.12. The molecule has 3 N–H and O–H groups in total. The van der Waals surface area contributed by atoms with Crippen LogP contribution < -0.4 is 10.5 Å². The van der Waals surface area contributed by atoms with Crippen molar-refractivity contribution in [1.29, 1.82) is 0 Å². The van der Waals surface area contributed by atoms with E-state index in [0.717, 1.165) is 29.7 Å². The lowest BCUT2D eigenvalue weighted by molar-refractivity contribution is -0.137. The first kappa shape index (κ1) is 23.7. The zero-order valence-corrected chi connectivity index (χ0v) is 18.7. The average Bonchev–Trinajstić information content (AvgIpc) is 3.40. The standard InChI is InChI=1S/C20H14Cl2F4N4O2S/c21-12-3-16(32-8-10(27)7-31)14(23)2-11(12)19-28-4-17(33-19)15-6-30-5-9(20(24,25)26)1-13(22)18(30)29-15/h1-6,10,31H,7-8,27H2/t10-/m1/s1. The Balaban J connectivity index is 1.65. The fourth-order valence-electron chi connectivity index (χ4n) is 2.90. The first-order chi connectivity index (χ1) is 15.6. The van der Waals surface area contributed by atoms with Gasteiger partial charge in [0.25, 0.3) is 0 Å². The van der Waals surface area contributed by atoms with Crippen molar-refractivity contribution < 1.29 is 27.4 Å². The van der Waals surface area contributed by atoms with Crippen molar-refractivity contribution in [2.45, 2.75) is 12.2 Å². The summed E-state index contributed by atoms with van der Waals surface area (Å²) in [4.78, 5) is 9.05. The van der Waals surface area contributed by atoms with Gasteiger partial charge in [0.15, 0.2) is 17.2 Å². The molecule has 0 spiro atoms. The van der Waals surface area contributed by atoms with E-state index in [2.05, 4.69) is 9.97 Å². The van der Waals surface area contributed by atoms with Crippen LogP contribution in [-0.4, -0.2) is 38.7 Å². The number of fused-ring (bicyclic) bond motifs is 1. The van der Waals surface area contributed by atoms with Gasteiger partial charge in [0.05, 0.1) is 33.1 Å². The van der Waals surface area contributed by atoms with E-state index in [9.17, 15) is 17.6 Å². The lowest BCUT2D eigenvalue weighted by atomic mass is 10.2. The fourth-order valence-corrected chi connectivity index (χ4v) is 4.36. The van der Waals surface area contributed by atoms with Crippen molar-refractivity contribution in [2.24, 2.45) is 5.73 Å². The van der Waals surface area contributed by atoms with Crippen molar-refractivity contribution in [1.82, 2.24) is 14.4 Å². The molecule has 6 nitrogen and oxygen atoms in total. The van der Waals surface area contributed by atoms with Crippen LogP contribution in [0.25, 0.3) is 26.8 Å². The van der Waals surface area contributed by atoms with E-state index in [1.54, 1.807) is 0 Å². The van der Waals surface area contributed by atoms with Crippen molar-refractivity contribution in [3.05, 3.63) is 58.2 Å². The van der Waals surface area contributed by atoms with Crippen LogP contribution in [0.3, 0.4) is 0 Å². The van der Waals surface area contributed by atoms with Crippen LogP contribution in [0.5, 0.6) is 5.75 Å². The van der Waals surface area contributed by atoms with Gasteiger partial charge in [-0.1, -0.05) is 23.2 Å². The van der Waals surface area contributed by atoms with Gasteiger partial charge in [-0.15, -0.1) is 11.3 Å². The Labute approximate surface area is 198 Å². The molecule has 3 aromatic heterocycles. The zero-order valence-electron chi connectivity index (χ0n) is 16.4. The Kier molecular flexibility index (Phi) is 6.52. The molecule has 174 valence electrons. The molecular formula is C20H14Cl2F4N4O2S. The SMILES string of the molecule is N[C@H](CO)COc1cc(Cl)c(-c2ncc(-c3cn4cc(C(F)(F)F)cc(Cl)c4n3)s2)cc1F. The third kappa shape index (κ3) is 4.92. The van der Waals surface area contributed by atoms with E-state index in [1.165, 1.54) is 22.9 Å². The molecule has 1 aromatic carbocycles. The van der Waals surface area contributed by atoms with Crippen molar-refractivity contribution in [3.63, 3.8) is 0 Å². The highest BCUT2D eigenvalue weighted by atomic mass is 35.5. The fraction of sp³-hybridized carbons (Fsp3) is 0.200. The Morgan fingerprint density at radius 3 is 2.64 bits per heavy atom. The summed E-state index contributed by atoms with van der Waals surface area (Å²) in [6, 6.07) is 2.57. The monoisotopic (exact) mass is 520 g/mol. The molecule has 4 aromatic rings. The number of nitrogens with zero attached hydrogens (tertiary/aromatic N) is 3. The number of halogens is 6. The largest absolute Gasteiger partial charge is 0.489 e. The maximum absolute atomic E-state index is 14.5. The van der Waals surface area contributed by atoms with Crippen LogP contribution in [0.4, 0.5) is 17.6 Å². The maximum Gasteiger partial charge on any atom is 0.417 e. The summed E-state index contributed by atoms with van der Waals surface area (Å²) in [7, 11) is 0. The Morgan fingerprint density at radius 1 is 1.18 bits per heavy atom. The molecule has 0 aliphatic rings. The van der Waals surface area contributed by atoms with Gasteiger partial charge in [-0.05, 0) is 12.1 Å². The minimum absolute atomic E-state index is 0.100. The number of alkyl halides is 3. The molecule has 33 heavy (non-hydrogen) atoms. The second-order valence-corrected chi connectivity index (χ2v) is 8.82. The van der Waals surface area contributed by atoms with Crippen molar-refractivity contribution >= 4 is 40.2 Å². The summed E-state index contributed by atoms with van der Waals surface area (Å²) in [6.07, 6.45) is -0.802. The molecule has 0 saturated carbocycles. The summed E-state index contributed by atoms with van der Waals surface area (Å²) < 4.78 is 60.1. The zero-order chi connectivity index (χ0) is 23.9. The summed E-state index contributed by atoms with van der Waals surface area (Å²) in [6.45, 7) is -0.419. The molecule has 0 unspecified atom stereocenters. The van der Waals surface area contributed by atoms with Crippen LogP contribution in [-0.2, 0) is 6.18 Å². The first-order valence-corrected chi connectivity index (χ1v) is 10.8. The summed E-state index contributed by atoms with van der Waals surface area (Å²) in [5.74, 6) is -0.824. The average molecular weight is 521 g/mol. The van der Waals surface area contributed by atoms with Gasteiger partial charge < -0.3 is 20.0 Å². The number of hydrogen-bond donors (Lipinski definition) is 2. The van der Waals surface area contributed by atoms with Crippen LogP contribution in [0.2, 0.25) is 10.0 Å². The number of nitrogens with two attached hydrogens (primary N) is 1. The number of benzene rings is 1. The van der Waals surface area contributed by atoms with Gasteiger partial charge in [-0.25, -0.2) is 14.4 Å². The number of pyridine rings is 1. The van der Waals surface area contributed by atoms with E-state index in [1.807, 2.05) is 0 Å². The Bertz CT molecular complexity index is 1330. The first-order valence-electron chi connectivity index (χ1n) is 9.27. The van der Waals surface area contributed by atoms with E-state index in [4.69, 9.17) is 38.8 Å². The van der Waals surface area contributed by atoms with Crippen LogP contribution in [0.15, 0.2) is 36.8 Å². The summed E-state index contributed by atoms with van der Waals surface area (Å²) in [5, 5.41) is 9.32. The molecule has 0 bridgehead atoms. The molecular weight excluding hydrogens is 507 g/mol. The Hall–Kier alpha value is -2.44. The number of hydrogen-bond acceptors (Lipinski definition) is 6. The smallest absolute Gasteiger partial charge is 0.417 e. The molecule has 0 fully saturated rings. The van der Waals surface area contributed by atoms with E-state index in [0.29, 0.717) is 21.1 Å². The maximum atomic E-state index is 14.5. The topological polar surface area (TPSA) is 85.7 Å². The summed E-state index contributed by atoms with van der Waals surface area (Å²) >= 11 is 13.4. The molecule has 0 radical (unpaired) electrons. The second-order valence-electron chi connectivity index (χ2n) is 6.98. The highest BCUT2D eigenvalue weighted by Gasteiger charge is 2.32. The van der Waals surface area contributed by atoms with E-state index >= 15 is 0 Å². The van der Waals surface area contributed by atoms with Gasteiger partial charge in [0.1, 0.15) is 17.3 Å². The van der Waals surface area contributed by atoms with E-state index in [-0.39, 0.29) is 34.7 Å². The predicted molar refractivity (Wildman–Crippen MR) is 117 cm³/mol. The van der Waals surface area contributed by atoms with Gasteiger partial charge >= 0.3 is 6.18 Å². The highest BCUT2D eigenvalue weighted by Crippen LogP contribution is 2.39. The number of aliphatic hydroxyl groups is 1. The number of aromatic nitrogens is 3. The minimum Gasteiger partial charge on any atom is -0.489 e. The molecule has 1 atom stereocenters. The normalized spacial score (nSPS) is 13.0. The van der Waals surface area contributed by atoms with Gasteiger partial charge in [-0.3, -0.25) is 0 Å². The highest BCUT2D eigenvalue weighted by molar-refractivity contribution is 7.18. The number of aliphatic hydroxyl groups excluding tert-OH is 1. The third-order valence-electron chi connectivity index (χ3n) is 4.53. The molecule has 3 heterocycles. The van der Waals surface area contributed by atoms with Gasteiger partial charge in [-0.2, -0.15) is 13.2 Å². The number of imidazole rings is 1.